The van der Waals surface area contributed by atoms with E-state index in [9.17, 15) is 18.0 Å². The Kier molecular flexibility index (Phi) is 9.98. The number of carbonyl (C=O) groups is 2. The molecule has 9 nitrogen and oxygen atoms in total. The van der Waals surface area contributed by atoms with Crippen LogP contribution in [0.5, 0.6) is 0 Å². The molecule has 39 heavy (non-hydrogen) atoms. The first-order valence-electron chi connectivity index (χ1n) is 11.3. The van der Waals surface area contributed by atoms with Gasteiger partial charge in [-0.1, -0.05) is 95.5 Å². The summed E-state index contributed by atoms with van der Waals surface area (Å²) in [6, 6.07) is 20.3. The molecule has 0 aliphatic carbocycles. The zero-order valence-corrected chi connectivity index (χ0v) is 23.8. The van der Waals surface area contributed by atoms with Crippen LogP contribution >= 0.6 is 34.8 Å². The second-order valence-electron chi connectivity index (χ2n) is 8.53. The average Bonchev–Trinajstić information content (AvgIpc) is 2.87. The molecule has 4 N–H and O–H groups in total. The second-order valence-corrected chi connectivity index (χ2v) is 12.6. The van der Waals surface area contributed by atoms with E-state index in [1.807, 2.05) is 0 Å². The van der Waals surface area contributed by atoms with Crippen LogP contribution < -0.4 is 10.9 Å². The molecule has 0 aromatic heterocycles. The van der Waals surface area contributed by atoms with Gasteiger partial charge in [0.05, 0.1) is 11.3 Å². The van der Waals surface area contributed by atoms with E-state index >= 15 is 0 Å². The lowest BCUT2D eigenvalue weighted by Crippen LogP contribution is -2.28. The Balaban J connectivity index is 1.64. The normalized spacial score (nSPS) is 12.2. The number of carbonyl (C=O) groups excluding carboxylic acids is 2. The average molecular weight is 612 g/mol. The summed E-state index contributed by atoms with van der Waals surface area (Å²) in [5, 5.41) is 5.34. The number of nitrogens with two attached hydrogens (primary N) is 2. The Labute approximate surface area is 241 Å². The van der Waals surface area contributed by atoms with Gasteiger partial charge in [-0.05, 0) is 28.8 Å². The molecule has 0 bridgehead atoms. The Bertz CT molecular complexity index is 1490. The van der Waals surface area contributed by atoms with Crippen molar-refractivity contribution in [3.8, 4) is 11.1 Å². The predicted octanol–water partition coefficient (Wildman–Crippen LogP) is 4.41. The fourth-order valence-corrected chi connectivity index (χ4v) is 4.52. The van der Waals surface area contributed by atoms with Crippen LogP contribution in [0, 0.1) is 0 Å². The summed E-state index contributed by atoms with van der Waals surface area (Å²) in [5.41, 5.74) is 9.02. The number of rotatable bonds is 8. The van der Waals surface area contributed by atoms with Gasteiger partial charge in [0, 0.05) is 24.7 Å². The highest BCUT2D eigenvalue weighted by atomic mass is 35.6. The van der Waals surface area contributed by atoms with Crippen LogP contribution in [0.15, 0.2) is 82.7 Å². The number of nitrogens with zero attached hydrogens (tertiary/aromatic N) is 2. The summed E-state index contributed by atoms with van der Waals surface area (Å²) in [4.78, 5) is 29.9. The number of halogens is 3. The number of aliphatic imine (C=N–C) groups is 1. The maximum absolute atomic E-state index is 12.9. The van der Waals surface area contributed by atoms with Crippen LogP contribution in [-0.4, -0.2) is 48.6 Å². The molecule has 0 spiro atoms. The number of benzene rings is 3. The molecule has 3 rings (SSSR count). The number of hydrogen-bond acceptors (Lipinski definition) is 5. The van der Waals surface area contributed by atoms with Crippen LogP contribution in [0.3, 0.4) is 0 Å². The lowest BCUT2D eigenvalue weighted by Gasteiger charge is -2.18. The van der Waals surface area contributed by atoms with E-state index in [-0.39, 0.29) is 29.6 Å². The standard InChI is InChI=1S/C26H25Cl3N4O5S/c1-33(15-18-5-4-6-20(13-18)24(30)32-25(35)38-16-26(27,28)29)23(34)14-17-9-11-19(12-10-17)21-7-2-3-8-22(21)39(31,36)37/h2-13H,14-16H2,1H3,(H2,30,32,35)(H2,31,36,37). The topological polar surface area (TPSA) is 145 Å². The third-order valence-corrected chi connectivity index (χ3v) is 6.75. The van der Waals surface area contributed by atoms with Crippen LogP contribution in [0.1, 0.15) is 16.7 Å². The van der Waals surface area contributed by atoms with Gasteiger partial charge in [0.25, 0.3) is 0 Å². The summed E-state index contributed by atoms with van der Waals surface area (Å²) >= 11 is 16.6. The number of hydrogen-bond donors (Lipinski definition) is 2. The second kappa shape index (κ2) is 12.8. The number of sulfonamides is 1. The van der Waals surface area contributed by atoms with Crippen molar-refractivity contribution in [2.24, 2.45) is 15.9 Å². The summed E-state index contributed by atoms with van der Waals surface area (Å²) in [6.45, 7) is -0.205. The van der Waals surface area contributed by atoms with Gasteiger partial charge in [-0.2, -0.15) is 4.99 Å². The van der Waals surface area contributed by atoms with Crippen molar-refractivity contribution < 1.29 is 22.7 Å². The number of alkyl halides is 3. The number of ether oxygens (including phenoxy) is 1. The van der Waals surface area contributed by atoms with E-state index in [4.69, 9.17) is 50.4 Å². The summed E-state index contributed by atoms with van der Waals surface area (Å²) in [5.74, 6) is -0.237. The molecule has 0 saturated carbocycles. The van der Waals surface area contributed by atoms with E-state index in [0.717, 1.165) is 11.1 Å². The van der Waals surface area contributed by atoms with E-state index < -0.39 is 26.5 Å². The third kappa shape index (κ3) is 9.22. The molecule has 0 unspecified atom stereocenters. The molecule has 206 valence electrons. The van der Waals surface area contributed by atoms with E-state index in [0.29, 0.717) is 16.7 Å². The monoisotopic (exact) mass is 610 g/mol. The zero-order chi connectivity index (χ0) is 28.8. The minimum atomic E-state index is -3.89. The maximum atomic E-state index is 12.9. The lowest BCUT2D eigenvalue weighted by atomic mass is 10.0. The van der Waals surface area contributed by atoms with E-state index in [1.54, 1.807) is 78.7 Å². The molecule has 0 aliphatic rings. The maximum Gasteiger partial charge on any atom is 0.435 e. The molecular formula is C26H25Cl3N4O5S. The lowest BCUT2D eigenvalue weighted by molar-refractivity contribution is -0.129. The van der Waals surface area contributed by atoms with Gasteiger partial charge in [0.2, 0.25) is 19.7 Å². The fraction of sp³-hybridized carbons (Fsp3) is 0.192. The van der Waals surface area contributed by atoms with Gasteiger partial charge >= 0.3 is 6.09 Å². The molecule has 3 aromatic rings. The van der Waals surface area contributed by atoms with Crippen molar-refractivity contribution in [1.29, 1.82) is 0 Å². The van der Waals surface area contributed by atoms with E-state index in [2.05, 4.69) is 4.99 Å². The number of amides is 2. The van der Waals surface area contributed by atoms with Crippen molar-refractivity contribution in [3.63, 3.8) is 0 Å². The highest BCUT2D eigenvalue weighted by molar-refractivity contribution is 7.89. The van der Waals surface area contributed by atoms with Crippen molar-refractivity contribution in [2.75, 3.05) is 13.7 Å². The zero-order valence-electron chi connectivity index (χ0n) is 20.7. The van der Waals surface area contributed by atoms with Crippen LogP contribution in [0.25, 0.3) is 11.1 Å². The Morgan fingerprint density at radius 3 is 2.28 bits per heavy atom. The molecule has 2 amide bonds. The van der Waals surface area contributed by atoms with Crippen molar-refractivity contribution >= 4 is 62.7 Å². The van der Waals surface area contributed by atoms with Gasteiger partial charge in [-0.25, -0.2) is 18.4 Å². The van der Waals surface area contributed by atoms with Crippen LogP contribution in [-0.2, 0) is 32.5 Å². The minimum Gasteiger partial charge on any atom is -0.443 e. The summed E-state index contributed by atoms with van der Waals surface area (Å²) in [6.07, 6.45) is -0.873. The SMILES string of the molecule is CN(Cc1cccc(C(N)=NC(=O)OCC(Cl)(Cl)Cl)c1)C(=O)Cc1ccc(-c2ccccc2S(N)(=O)=O)cc1. The van der Waals surface area contributed by atoms with Crippen molar-refractivity contribution in [3.05, 3.63) is 89.5 Å². The van der Waals surface area contributed by atoms with Crippen LogP contribution in [0.4, 0.5) is 4.79 Å². The van der Waals surface area contributed by atoms with Crippen molar-refractivity contribution in [1.82, 2.24) is 4.90 Å². The largest absolute Gasteiger partial charge is 0.443 e. The fourth-order valence-electron chi connectivity index (χ4n) is 3.59. The van der Waals surface area contributed by atoms with E-state index in [1.165, 1.54) is 6.07 Å². The van der Waals surface area contributed by atoms with Gasteiger partial charge in [0.1, 0.15) is 12.4 Å². The van der Waals surface area contributed by atoms with Gasteiger partial charge < -0.3 is 15.4 Å². The molecule has 0 aliphatic heterocycles. The van der Waals surface area contributed by atoms with Crippen molar-refractivity contribution in [2.45, 2.75) is 21.7 Å². The molecule has 3 aromatic carbocycles. The van der Waals surface area contributed by atoms with Gasteiger partial charge in [0.15, 0.2) is 0 Å². The predicted molar refractivity (Wildman–Crippen MR) is 152 cm³/mol. The number of likely N-dealkylation sites (N-methyl/N-ethyl adjacent to an activating group) is 1. The molecule has 13 heteroatoms. The Hall–Kier alpha value is -3.15. The number of amidine groups is 1. The highest BCUT2D eigenvalue weighted by Crippen LogP contribution is 2.27. The Morgan fingerprint density at radius 1 is 0.974 bits per heavy atom. The first-order valence-corrected chi connectivity index (χ1v) is 14.0. The third-order valence-electron chi connectivity index (χ3n) is 5.45. The summed E-state index contributed by atoms with van der Waals surface area (Å²) < 4.78 is 26.8. The summed E-state index contributed by atoms with van der Waals surface area (Å²) in [7, 11) is -2.22. The highest BCUT2D eigenvalue weighted by Gasteiger charge is 2.22. The molecule has 0 atom stereocenters. The molecular weight excluding hydrogens is 587 g/mol. The first-order chi connectivity index (χ1) is 18.2. The van der Waals surface area contributed by atoms with Gasteiger partial charge in [-0.3, -0.25) is 4.79 Å². The molecule has 0 fully saturated rings. The van der Waals surface area contributed by atoms with Gasteiger partial charge in [-0.15, -0.1) is 0 Å². The minimum absolute atomic E-state index is 0.0289. The molecule has 0 heterocycles. The smallest absolute Gasteiger partial charge is 0.435 e. The number of primary sulfonamides is 1. The Morgan fingerprint density at radius 2 is 1.64 bits per heavy atom. The first kappa shape index (κ1) is 30.4. The van der Waals surface area contributed by atoms with Crippen LogP contribution in [0.2, 0.25) is 0 Å². The molecule has 0 radical (unpaired) electrons. The quantitative estimate of drug-likeness (QED) is 0.219. The molecule has 0 saturated heterocycles.